The maximum absolute atomic E-state index is 13.6. The van der Waals surface area contributed by atoms with E-state index in [4.69, 9.17) is 0 Å². The Hall–Kier alpha value is -2.74. The van der Waals surface area contributed by atoms with Crippen LogP contribution in [0.1, 0.15) is 17.5 Å². The molecule has 3 aromatic rings. The van der Waals surface area contributed by atoms with Crippen LogP contribution in [0.3, 0.4) is 0 Å². The van der Waals surface area contributed by atoms with Gasteiger partial charge in [-0.2, -0.15) is 8.42 Å². The van der Waals surface area contributed by atoms with E-state index in [0.29, 0.717) is 6.42 Å². The molecule has 3 rings (SSSR count). The summed E-state index contributed by atoms with van der Waals surface area (Å²) >= 11 is 0. The standard InChI is InChI=1S/C17H16FN3O3S/c1-11-4-2-5-13-12(10-20-16(11)13)7-8-15(22)21-25(23,24)17-14(18)6-3-9-19-17/h2-6,9-10,20H,7-8H2,1H3,(H,21,22). The molecule has 0 spiro atoms. The van der Waals surface area contributed by atoms with Crippen LogP contribution in [0.15, 0.2) is 47.8 Å². The third-order valence-electron chi connectivity index (χ3n) is 3.86. The molecule has 0 saturated heterocycles. The van der Waals surface area contributed by atoms with Gasteiger partial charge in [-0.1, -0.05) is 18.2 Å². The van der Waals surface area contributed by atoms with Crippen molar-refractivity contribution in [2.75, 3.05) is 0 Å². The van der Waals surface area contributed by atoms with E-state index >= 15 is 0 Å². The molecule has 2 heterocycles. The van der Waals surface area contributed by atoms with Gasteiger partial charge in [0.1, 0.15) is 0 Å². The molecule has 1 amide bonds. The van der Waals surface area contributed by atoms with Crippen LogP contribution in [-0.4, -0.2) is 24.3 Å². The Kier molecular flexibility index (Phi) is 4.54. The summed E-state index contributed by atoms with van der Waals surface area (Å²) in [5, 5.41) is 0.206. The van der Waals surface area contributed by atoms with Gasteiger partial charge in [0.25, 0.3) is 10.0 Å². The van der Waals surface area contributed by atoms with Crippen molar-refractivity contribution in [1.29, 1.82) is 0 Å². The number of pyridine rings is 1. The summed E-state index contributed by atoms with van der Waals surface area (Å²) in [5.74, 6) is -1.72. The zero-order valence-corrected chi connectivity index (χ0v) is 14.2. The Morgan fingerprint density at radius 2 is 2.08 bits per heavy atom. The molecule has 0 fully saturated rings. The monoisotopic (exact) mass is 361 g/mol. The molecule has 2 aromatic heterocycles. The van der Waals surface area contributed by atoms with Gasteiger partial charge in [-0.3, -0.25) is 4.79 Å². The largest absolute Gasteiger partial charge is 0.361 e. The minimum Gasteiger partial charge on any atom is -0.361 e. The van der Waals surface area contributed by atoms with Gasteiger partial charge < -0.3 is 4.98 Å². The van der Waals surface area contributed by atoms with Crippen molar-refractivity contribution in [3.63, 3.8) is 0 Å². The normalized spacial score (nSPS) is 11.6. The van der Waals surface area contributed by atoms with Gasteiger partial charge in [0.05, 0.1) is 0 Å². The minimum atomic E-state index is -4.32. The average molecular weight is 361 g/mol. The van der Waals surface area contributed by atoms with Crippen LogP contribution in [0, 0.1) is 12.7 Å². The highest BCUT2D eigenvalue weighted by Gasteiger charge is 2.23. The van der Waals surface area contributed by atoms with Crippen LogP contribution in [0.5, 0.6) is 0 Å². The molecule has 0 saturated carbocycles. The average Bonchev–Trinajstić information content (AvgIpc) is 2.97. The lowest BCUT2D eigenvalue weighted by Crippen LogP contribution is -2.31. The van der Waals surface area contributed by atoms with Crippen LogP contribution in [-0.2, 0) is 21.2 Å². The number of sulfonamides is 1. The summed E-state index contributed by atoms with van der Waals surface area (Å²) in [6.45, 7) is 1.98. The summed E-state index contributed by atoms with van der Waals surface area (Å²) < 4.78 is 39.5. The number of amides is 1. The van der Waals surface area contributed by atoms with Crippen molar-refractivity contribution in [2.45, 2.75) is 24.8 Å². The van der Waals surface area contributed by atoms with Crippen molar-refractivity contribution in [2.24, 2.45) is 0 Å². The van der Waals surface area contributed by atoms with Crippen molar-refractivity contribution >= 4 is 26.8 Å². The molecule has 8 heteroatoms. The number of fused-ring (bicyclic) bond motifs is 1. The predicted molar refractivity (Wildman–Crippen MR) is 90.9 cm³/mol. The van der Waals surface area contributed by atoms with E-state index in [1.165, 1.54) is 6.07 Å². The molecule has 6 nitrogen and oxygen atoms in total. The summed E-state index contributed by atoms with van der Waals surface area (Å²) in [6.07, 6.45) is 3.26. The van der Waals surface area contributed by atoms with E-state index in [1.54, 1.807) is 6.20 Å². The van der Waals surface area contributed by atoms with Crippen molar-refractivity contribution < 1.29 is 17.6 Å². The number of aromatic nitrogens is 2. The molecule has 0 radical (unpaired) electrons. The minimum absolute atomic E-state index is 0.0470. The second kappa shape index (κ2) is 6.64. The maximum Gasteiger partial charge on any atom is 0.284 e. The second-order valence-corrected chi connectivity index (χ2v) is 7.23. The molecule has 130 valence electrons. The number of carbonyl (C=O) groups excluding carboxylic acids is 1. The number of aromatic amines is 1. The lowest BCUT2D eigenvalue weighted by Gasteiger charge is -2.06. The Morgan fingerprint density at radius 3 is 2.84 bits per heavy atom. The van der Waals surface area contributed by atoms with E-state index < -0.39 is 26.8 Å². The Balaban J connectivity index is 1.71. The fourth-order valence-electron chi connectivity index (χ4n) is 2.64. The Morgan fingerprint density at radius 1 is 1.28 bits per heavy atom. The summed E-state index contributed by atoms with van der Waals surface area (Å²) in [7, 11) is -4.32. The first kappa shape index (κ1) is 17.1. The number of carbonyl (C=O) groups is 1. The zero-order valence-electron chi connectivity index (χ0n) is 13.4. The third-order valence-corrected chi connectivity index (χ3v) is 5.16. The van der Waals surface area contributed by atoms with Crippen LogP contribution < -0.4 is 4.72 Å². The highest BCUT2D eigenvalue weighted by Crippen LogP contribution is 2.22. The highest BCUT2D eigenvalue weighted by molar-refractivity contribution is 7.90. The number of hydrogen-bond donors (Lipinski definition) is 2. The number of H-pyrrole nitrogens is 1. The first-order valence-electron chi connectivity index (χ1n) is 7.60. The van der Waals surface area contributed by atoms with Crippen LogP contribution in [0.2, 0.25) is 0 Å². The fourth-order valence-corrected chi connectivity index (χ4v) is 3.66. The molecule has 0 aliphatic carbocycles. The lowest BCUT2D eigenvalue weighted by atomic mass is 10.1. The lowest BCUT2D eigenvalue weighted by molar-refractivity contribution is -0.119. The molecular formula is C17H16FN3O3S. The number of rotatable bonds is 5. The molecule has 25 heavy (non-hydrogen) atoms. The molecule has 0 aliphatic heterocycles. The van der Waals surface area contributed by atoms with Crippen LogP contribution >= 0.6 is 0 Å². The Bertz CT molecular complexity index is 1040. The SMILES string of the molecule is Cc1cccc2c(CCC(=O)NS(=O)(=O)c3ncccc3F)c[nH]c12. The van der Waals surface area contributed by atoms with E-state index in [9.17, 15) is 17.6 Å². The van der Waals surface area contributed by atoms with Gasteiger partial charge >= 0.3 is 0 Å². The zero-order chi connectivity index (χ0) is 18.0. The number of para-hydroxylation sites is 1. The molecule has 0 unspecified atom stereocenters. The number of hydrogen-bond acceptors (Lipinski definition) is 4. The number of halogens is 1. The van der Waals surface area contributed by atoms with Crippen molar-refractivity contribution in [3.8, 4) is 0 Å². The number of nitrogens with zero attached hydrogens (tertiary/aromatic N) is 1. The van der Waals surface area contributed by atoms with E-state index in [1.807, 2.05) is 29.8 Å². The van der Waals surface area contributed by atoms with E-state index in [2.05, 4.69) is 9.97 Å². The quantitative estimate of drug-likeness (QED) is 0.730. The summed E-state index contributed by atoms with van der Waals surface area (Å²) in [4.78, 5) is 18.6. The van der Waals surface area contributed by atoms with Gasteiger partial charge in [0, 0.05) is 29.7 Å². The number of nitrogens with one attached hydrogen (secondary N) is 2. The maximum atomic E-state index is 13.6. The number of aryl methyl sites for hydroxylation is 2. The predicted octanol–water partition coefficient (Wildman–Crippen LogP) is 2.45. The van der Waals surface area contributed by atoms with E-state index in [0.717, 1.165) is 34.3 Å². The van der Waals surface area contributed by atoms with Gasteiger partial charge in [-0.15, -0.1) is 0 Å². The molecule has 0 aliphatic rings. The third kappa shape index (κ3) is 3.53. The van der Waals surface area contributed by atoms with Crippen LogP contribution in [0.25, 0.3) is 10.9 Å². The van der Waals surface area contributed by atoms with Gasteiger partial charge in [-0.25, -0.2) is 14.1 Å². The van der Waals surface area contributed by atoms with Crippen molar-refractivity contribution in [1.82, 2.24) is 14.7 Å². The molecule has 0 atom stereocenters. The van der Waals surface area contributed by atoms with Gasteiger partial charge in [0.2, 0.25) is 10.9 Å². The molecular weight excluding hydrogens is 345 g/mol. The summed E-state index contributed by atoms with van der Waals surface area (Å²) in [5.41, 5.74) is 2.98. The first-order valence-corrected chi connectivity index (χ1v) is 9.08. The van der Waals surface area contributed by atoms with Gasteiger partial charge in [0.15, 0.2) is 5.82 Å². The topological polar surface area (TPSA) is 91.9 Å². The van der Waals surface area contributed by atoms with E-state index in [-0.39, 0.29) is 6.42 Å². The molecule has 2 N–H and O–H groups in total. The second-order valence-electron chi connectivity index (χ2n) is 5.63. The fraction of sp³-hybridized carbons (Fsp3) is 0.176. The first-order chi connectivity index (χ1) is 11.9. The van der Waals surface area contributed by atoms with Crippen molar-refractivity contribution in [3.05, 3.63) is 59.7 Å². The number of benzene rings is 1. The van der Waals surface area contributed by atoms with Crippen LogP contribution in [0.4, 0.5) is 4.39 Å². The smallest absolute Gasteiger partial charge is 0.284 e. The Labute approximate surface area is 144 Å². The highest BCUT2D eigenvalue weighted by atomic mass is 32.2. The molecule has 1 aromatic carbocycles. The van der Waals surface area contributed by atoms with Gasteiger partial charge in [-0.05, 0) is 36.6 Å². The summed E-state index contributed by atoms with van der Waals surface area (Å²) in [6, 6.07) is 8.08. The molecule has 0 bridgehead atoms.